The molecule has 0 N–H and O–H groups in total. The summed E-state index contributed by atoms with van der Waals surface area (Å²) in [5, 5.41) is 0. The average Bonchev–Trinajstić information content (AvgIpc) is 2.98. The molecule has 0 fully saturated rings. The van der Waals surface area contributed by atoms with Crippen molar-refractivity contribution in [1.82, 2.24) is 4.40 Å². The molecule has 0 amide bonds. The van der Waals surface area contributed by atoms with Gasteiger partial charge in [0.1, 0.15) is 5.75 Å². The molecule has 3 rings (SSSR count). The van der Waals surface area contributed by atoms with Crippen molar-refractivity contribution in [2.45, 2.75) is 13.8 Å². The van der Waals surface area contributed by atoms with E-state index >= 15 is 0 Å². The monoisotopic (exact) mass is 415 g/mol. The Morgan fingerprint density at radius 3 is 2.65 bits per heavy atom. The molecule has 0 bridgehead atoms. The van der Waals surface area contributed by atoms with E-state index < -0.39 is 5.97 Å². The first kappa shape index (κ1) is 18.2. The van der Waals surface area contributed by atoms with Crippen LogP contribution in [-0.2, 0) is 4.74 Å². The van der Waals surface area contributed by atoms with E-state index in [2.05, 4.69) is 15.9 Å². The summed E-state index contributed by atoms with van der Waals surface area (Å²) in [6, 6.07) is 10.9. The molecule has 26 heavy (non-hydrogen) atoms. The summed E-state index contributed by atoms with van der Waals surface area (Å²) in [6.45, 7) is 4.46. The molecule has 0 atom stereocenters. The van der Waals surface area contributed by atoms with Gasteiger partial charge in [0.15, 0.2) is 6.29 Å². The van der Waals surface area contributed by atoms with Gasteiger partial charge in [-0.1, -0.05) is 12.1 Å². The largest absolute Gasteiger partial charge is 0.493 e. The van der Waals surface area contributed by atoms with Gasteiger partial charge < -0.3 is 13.9 Å². The van der Waals surface area contributed by atoms with Crippen molar-refractivity contribution >= 4 is 33.7 Å². The van der Waals surface area contributed by atoms with E-state index in [4.69, 9.17) is 9.47 Å². The quantitative estimate of drug-likeness (QED) is 0.430. The van der Waals surface area contributed by atoms with Crippen molar-refractivity contribution < 1.29 is 19.1 Å². The molecule has 0 radical (unpaired) electrons. The number of carbonyl (C=O) groups is 2. The fourth-order valence-corrected chi connectivity index (χ4v) is 3.47. The number of pyridine rings is 1. The molecular formula is C20H18BrNO4. The van der Waals surface area contributed by atoms with Crippen LogP contribution < -0.4 is 4.74 Å². The van der Waals surface area contributed by atoms with E-state index in [0.29, 0.717) is 34.7 Å². The van der Waals surface area contributed by atoms with Crippen LogP contribution in [0.2, 0.25) is 0 Å². The second-order valence-corrected chi connectivity index (χ2v) is 6.36. The smallest absolute Gasteiger partial charge is 0.340 e. The number of rotatable bonds is 6. The molecule has 3 aromatic rings. The molecule has 0 saturated carbocycles. The highest BCUT2D eigenvalue weighted by molar-refractivity contribution is 9.10. The van der Waals surface area contributed by atoms with Crippen LogP contribution in [0.1, 0.15) is 34.7 Å². The minimum Gasteiger partial charge on any atom is -0.493 e. The maximum Gasteiger partial charge on any atom is 0.340 e. The summed E-state index contributed by atoms with van der Waals surface area (Å²) < 4.78 is 13.2. The average molecular weight is 416 g/mol. The van der Waals surface area contributed by atoms with E-state index in [1.807, 2.05) is 37.3 Å². The number of benzene rings is 1. The summed E-state index contributed by atoms with van der Waals surface area (Å²) in [5.74, 6) is 0.245. The van der Waals surface area contributed by atoms with Gasteiger partial charge >= 0.3 is 5.97 Å². The van der Waals surface area contributed by atoms with Crippen LogP contribution in [0.25, 0.3) is 16.6 Å². The molecule has 134 valence electrons. The second-order valence-electron chi connectivity index (χ2n) is 5.51. The summed E-state index contributed by atoms with van der Waals surface area (Å²) in [4.78, 5) is 24.5. The first-order chi connectivity index (χ1) is 12.6. The van der Waals surface area contributed by atoms with Crippen LogP contribution in [0.5, 0.6) is 5.75 Å². The van der Waals surface area contributed by atoms with E-state index in [9.17, 15) is 9.59 Å². The van der Waals surface area contributed by atoms with Gasteiger partial charge in [-0.15, -0.1) is 0 Å². The minimum atomic E-state index is -0.454. The van der Waals surface area contributed by atoms with Gasteiger partial charge in [0, 0.05) is 11.8 Å². The number of carbonyl (C=O) groups excluding carboxylic acids is 2. The first-order valence-electron chi connectivity index (χ1n) is 8.30. The number of hydrogen-bond acceptors (Lipinski definition) is 4. The molecule has 1 aromatic carbocycles. The van der Waals surface area contributed by atoms with Crippen LogP contribution in [0.3, 0.4) is 0 Å². The molecule has 0 unspecified atom stereocenters. The fraction of sp³-hybridized carbons (Fsp3) is 0.200. The topological polar surface area (TPSA) is 57.0 Å². The zero-order valence-corrected chi connectivity index (χ0v) is 16.1. The fourth-order valence-electron chi connectivity index (χ4n) is 2.98. The predicted octanol–water partition coefficient (Wildman–Crippen LogP) is 4.76. The third-order valence-electron chi connectivity index (χ3n) is 3.99. The number of fused-ring (bicyclic) bond motifs is 1. The number of hydrogen-bond donors (Lipinski definition) is 0. The SMILES string of the molecule is CCOC(=O)c1c(-c2ccc(OCC)c(Br)c2)c(C=O)n2ccccc12. The van der Waals surface area contributed by atoms with Gasteiger partial charge in [0.05, 0.1) is 34.5 Å². The van der Waals surface area contributed by atoms with E-state index in [0.717, 1.165) is 16.3 Å². The van der Waals surface area contributed by atoms with Gasteiger partial charge in [0.25, 0.3) is 0 Å². The molecule has 5 nitrogen and oxygen atoms in total. The van der Waals surface area contributed by atoms with Gasteiger partial charge in [-0.3, -0.25) is 4.79 Å². The third kappa shape index (κ3) is 3.12. The van der Waals surface area contributed by atoms with Gasteiger partial charge in [-0.25, -0.2) is 4.79 Å². The summed E-state index contributed by atoms with van der Waals surface area (Å²) >= 11 is 3.49. The number of halogens is 1. The lowest BCUT2D eigenvalue weighted by molar-refractivity contribution is 0.0529. The van der Waals surface area contributed by atoms with Crippen molar-refractivity contribution in [2.75, 3.05) is 13.2 Å². The predicted molar refractivity (Wildman–Crippen MR) is 103 cm³/mol. The second kappa shape index (κ2) is 7.74. The highest BCUT2D eigenvalue weighted by Gasteiger charge is 2.25. The standard InChI is InChI=1S/C20H18BrNO4/c1-3-25-17-9-8-13(11-14(17)21)18-16(12-23)22-10-6-5-7-15(22)19(18)20(24)26-4-2/h5-12H,3-4H2,1-2H3. The molecule has 0 spiro atoms. The molecule has 0 aliphatic carbocycles. The normalized spacial score (nSPS) is 10.7. The number of ether oxygens (including phenoxy) is 2. The Morgan fingerprint density at radius 2 is 2.00 bits per heavy atom. The molecular weight excluding hydrogens is 398 g/mol. The Bertz CT molecular complexity index is 977. The maximum atomic E-state index is 12.6. The summed E-state index contributed by atoms with van der Waals surface area (Å²) in [6.07, 6.45) is 2.52. The van der Waals surface area contributed by atoms with Crippen molar-refractivity contribution in [2.24, 2.45) is 0 Å². The number of nitrogens with zero attached hydrogens (tertiary/aromatic N) is 1. The molecule has 2 aromatic heterocycles. The molecule has 6 heteroatoms. The number of esters is 1. The lowest BCUT2D eigenvalue weighted by Gasteiger charge is -2.09. The zero-order chi connectivity index (χ0) is 18.7. The highest BCUT2D eigenvalue weighted by atomic mass is 79.9. The molecule has 0 aliphatic rings. The van der Waals surface area contributed by atoms with Gasteiger partial charge in [-0.05, 0) is 59.6 Å². The zero-order valence-electron chi connectivity index (χ0n) is 14.5. The molecule has 0 saturated heterocycles. The van der Waals surface area contributed by atoms with E-state index in [1.54, 1.807) is 23.6 Å². The highest BCUT2D eigenvalue weighted by Crippen LogP contribution is 2.37. The Hall–Kier alpha value is -2.60. The van der Waals surface area contributed by atoms with Gasteiger partial charge in [-0.2, -0.15) is 0 Å². The van der Waals surface area contributed by atoms with Crippen LogP contribution in [-0.4, -0.2) is 29.9 Å². The Labute approximate surface area is 159 Å². The lowest BCUT2D eigenvalue weighted by atomic mass is 10.0. The summed E-state index contributed by atoms with van der Waals surface area (Å²) in [7, 11) is 0. The maximum absolute atomic E-state index is 12.6. The van der Waals surface area contributed by atoms with Crippen molar-refractivity contribution in [3.63, 3.8) is 0 Å². The van der Waals surface area contributed by atoms with Crippen molar-refractivity contribution in [3.05, 3.63) is 58.3 Å². The van der Waals surface area contributed by atoms with Crippen LogP contribution >= 0.6 is 15.9 Å². The Kier molecular flexibility index (Phi) is 5.42. The van der Waals surface area contributed by atoms with Crippen molar-refractivity contribution in [1.29, 1.82) is 0 Å². The number of aldehydes is 1. The molecule has 2 heterocycles. The van der Waals surface area contributed by atoms with Gasteiger partial charge in [0.2, 0.25) is 0 Å². The van der Waals surface area contributed by atoms with Crippen LogP contribution in [0.15, 0.2) is 47.1 Å². The van der Waals surface area contributed by atoms with E-state index in [1.165, 1.54) is 0 Å². The Morgan fingerprint density at radius 1 is 1.19 bits per heavy atom. The van der Waals surface area contributed by atoms with Crippen molar-refractivity contribution in [3.8, 4) is 16.9 Å². The summed E-state index contributed by atoms with van der Waals surface area (Å²) in [5.41, 5.74) is 2.70. The van der Waals surface area contributed by atoms with E-state index in [-0.39, 0.29) is 6.61 Å². The lowest BCUT2D eigenvalue weighted by Crippen LogP contribution is -2.06. The van der Waals surface area contributed by atoms with Crippen LogP contribution in [0, 0.1) is 0 Å². The first-order valence-corrected chi connectivity index (χ1v) is 9.09. The van der Waals surface area contributed by atoms with Crippen LogP contribution in [0.4, 0.5) is 0 Å². The third-order valence-corrected chi connectivity index (χ3v) is 4.61. The molecule has 0 aliphatic heterocycles. The number of aromatic nitrogens is 1. The minimum absolute atomic E-state index is 0.256. The Balaban J connectivity index is 2.30.